The lowest BCUT2D eigenvalue weighted by Crippen LogP contribution is -2.39. The molecule has 1 aromatic carbocycles. The van der Waals surface area contributed by atoms with E-state index in [2.05, 4.69) is 19.1 Å². The van der Waals surface area contributed by atoms with Crippen molar-refractivity contribution in [1.82, 2.24) is 4.90 Å². The fraction of sp³-hybridized carbons (Fsp3) is 0.632. The minimum atomic E-state index is -0.176. The summed E-state index contributed by atoms with van der Waals surface area (Å²) in [5.41, 5.74) is 2.41. The summed E-state index contributed by atoms with van der Waals surface area (Å²) in [6.07, 6.45) is 3.09. The van der Waals surface area contributed by atoms with Crippen LogP contribution in [0.25, 0.3) is 0 Å². The van der Waals surface area contributed by atoms with Gasteiger partial charge in [-0.1, -0.05) is 12.1 Å². The minimum absolute atomic E-state index is 0.176. The van der Waals surface area contributed by atoms with Crippen molar-refractivity contribution in [3.8, 4) is 5.75 Å². The molecule has 0 spiro atoms. The summed E-state index contributed by atoms with van der Waals surface area (Å²) >= 11 is 0. The van der Waals surface area contributed by atoms with E-state index in [1.807, 2.05) is 17.9 Å². The van der Waals surface area contributed by atoms with Gasteiger partial charge in [0.25, 0.3) is 0 Å². The predicted molar refractivity (Wildman–Crippen MR) is 89.5 cm³/mol. The van der Waals surface area contributed by atoms with E-state index in [4.69, 9.17) is 4.74 Å². The van der Waals surface area contributed by atoms with Crippen molar-refractivity contribution in [2.24, 2.45) is 11.8 Å². The number of nitrogens with zero attached hydrogens (tertiary/aromatic N) is 1. The SMILES string of the molecule is CCOc1ccc(CCCC(=O)N2C[C@H]3C[C@@H](O)[C@H]3C2)cc1C. The van der Waals surface area contributed by atoms with Crippen LogP contribution in [0.2, 0.25) is 0 Å². The number of carbonyl (C=O) groups is 1. The summed E-state index contributed by atoms with van der Waals surface area (Å²) in [6.45, 7) is 6.34. The number of hydrogen-bond donors (Lipinski definition) is 1. The molecule has 1 aliphatic carbocycles. The summed E-state index contributed by atoms with van der Waals surface area (Å²) in [7, 11) is 0. The zero-order valence-corrected chi connectivity index (χ0v) is 14.1. The topological polar surface area (TPSA) is 49.8 Å². The maximum atomic E-state index is 12.3. The van der Waals surface area contributed by atoms with E-state index in [-0.39, 0.29) is 12.0 Å². The molecule has 2 fully saturated rings. The Morgan fingerprint density at radius 2 is 2.22 bits per heavy atom. The van der Waals surface area contributed by atoms with E-state index in [0.717, 1.165) is 43.7 Å². The van der Waals surface area contributed by atoms with Crippen molar-refractivity contribution in [2.75, 3.05) is 19.7 Å². The first kappa shape index (κ1) is 16.3. The zero-order valence-electron chi connectivity index (χ0n) is 14.1. The number of aliphatic hydroxyl groups is 1. The lowest BCUT2D eigenvalue weighted by atomic mass is 9.74. The second-order valence-electron chi connectivity index (χ2n) is 6.91. The maximum absolute atomic E-state index is 12.3. The fourth-order valence-corrected chi connectivity index (χ4v) is 3.86. The third kappa shape index (κ3) is 3.52. The standard InChI is InChI=1S/C19H27NO3/c1-3-23-18-8-7-14(9-13(18)2)5-4-6-19(22)20-11-15-10-17(21)16(15)12-20/h7-9,15-17,21H,3-6,10-12H2,1-2H3/t15-,16+,17-/m1/s1. The molecular formula is C19H27NO3. The number of aryl methyl sites for hydroxylation is 2. The normalized spacial score (nSPS) is 25.9. The Balaban J connectivity index is 1.44. The first-order valence-electron chi connectivity index (χ1n) is 8.76. The molecule has 4 heteroatoms. The molecular weight excluding hydrogens is 290 g/mol. The van der Waals surface area contributed by atoms with Crippen molar-refractivity contribution in [3.63, 3.8) is 0 Å². The molecule has 0 unspecified atom stereocenters. The number of carbonyl (C=O) groups excluding carboxylic acids is 1. The average molecular weight is 317 g/mol. The number of amides is 1. The molecule has 3 atom stereocenters. The van der Waals surface area contributed by atoms with Gasteiger partial charge in [-0.3, -0.25) is 4.79 Å². The number of rotatable bonds is 6. The number of benzene rings is 1. The van der Waals surface area contributed by atoms with Crippen molar-refractivity contribution in [1.29, 1.82) is 0 Å². The van der Waals surface area contributed by atoms with Crippen LogP contribution in [0.3, 0.4) is 0 Å². The van der Waals surface area contributed by atoms with Crippen LogP contribution in [0.4, 0.5) is 0 Å². The van der Waals surface area contributed by atoms with E-state index in [1.54, 1.807) is 0 Å². The van der Waals surface area contributed by atoms with Gasteiger partial charge in [0.2, 0.25) is 5.91 Å². The Kier molecular flexibility index (Phi) is 4.90. The van der Waals surface area contributed by atoms with Crippen molar-refractivity contribution >= 4 is 5.91 Å². The molecule has 1 amide bonds. The van der Waals surface area contributed by atoms with Crippen molar-refractivity contribution in [2.45, 2.75) is 45.6 Å². The molecule has 3 rings (SSSR count). The van der Waals surface area contributed by atoms with Gasteiger partial charge >= 0.3 is 0 Å². The van der Waals surface area contributed by atoms with Crippen LogP contribution in [0.15, 0.2) is 18.2 Å². The van der Waals surface area contributed by atoms with Crippen molar-refractivity contribution in [3.05, 3.63) is 29.3 Å². The van der Waals surface area contributed by atoms with Gasteiger partial charge in [-0.2, -0.15) is 0 Å². The molecule has 1 N–H and O–H groups in total. The van der Waals surface area contributed by atoms with Crippen LogP contribution < -0.4 is 4.74 Å². The molecule has 0 aromatic heterocycles. The summed E-state index contributed by atoms with van der Waals surface area (Å²) in [5, 5.41) is 9.68. The number of ether oxygens (including phenoxy) is 1. The van der Waals surface area contributed by atoms with E-state index < -0.39 is 0 Å². The highest BCUT2D eigenvalue weighted by molar-refractivity contribution is 5.76. The van der Waals surface area contributed by atoms with Gasteiger partial charge < -0.3 is 14.7 Å². The largest absolute Gasteiger partial charge is 0.494 e. The molecule has 4 nitrogen and oxygen atoms in total. The molecule has 126 valence electrons. The number of hydrogen-bond acceptors (Lipinski definition) is 3. The smallest absolute Gasteiger partial charge is 0.222 e. The van der Waals surface area contributed by atoms with Crippen LogP contribution >= 0.6 is 0 Å². The Hall–Kier alpha value is -1.55. The maximum Gasteiger partial charge on any atom is 0.222 e. The molecule has 1 saturated carbocycles. The van der Waals surface area contributed by atoms with Gasteiger partial charge in [0.15, 0.2) is 0 Å². The fourth-order valence-electron chi connectivity index (χ4n) is 3.86. The highest BCUT2D eigenvalue weighted by Crippen LogP contribution is 2.40. The monoisotopic (exact) mass is 317 g/mol. The minimum Gasteiger partial charge on any atom is -0.494 e. The van der Waals surface area contributed by atoms with Gasteiger partial charge in [0.1, 0.15) is 5.75 Å². The number of aliphatic hydroxyl groups excluding tert-OH is 1. The van der Waals surface area contributed by atoms with Gasteiger partial charge in [-0.25, -0.2) is 0 Å². The molecule has 0 bridgehead atoms. The van der Waals surface area contributed by atoms with Crippen LogP contribution in [0.5, 0.6) is 5.75 Å². The Morgan fingerprint density at radius 3 is 2.87 bits per heavy atom. The second kappa shape index (κ2) is 6.91. The molecule has 1 aromatic rings. The third-order valence-corrected chi connectivity index (χ3v) is 5.28. The molecule has 0 radical (unpaired) electrons. The first-order valence-corrected chi connectivity index (χ1v) is 8.76. The quantitative estimate of drug-likeness (QED) is 0.877. The second-order valence-corrected chi connectivity index (χ2v) is 6.91. The van der Waals surface area contributed by atoms with Gasteiger partial charge in [0.05, 0.1) is 12.7 Å². The van der Waals surface area contributed by atoms with E-state index in [9.17, 15) is 9.90 Å². The Bertz CT molecular complexity index is 572. The lowest BCUT2D eigenvalue weighted by Gasteiger charge is -2.34. The summed E-state index contributed by atoms with van der Waals surface area (Å²) in [5.74, 6) is 2.07. The van der Waals surface area contributed by atoms with Gasteiger partial charge in [-0.15, -0.1) is 0 Å². The molecule has 1 saturated heterocycles. The van der Waals surface area contributed by atoms with Gasteiger partial charge in [0, 0.05) is 25.4 Å². The van der Waals surface area contributed by atoms with Crippen LogP contribution in [-0.4, -0.2) is 41.7 Å². The van der Waals surface area contributed by atoms with E-state index >= 15 is 0 Å². The van der Waals surface area contributed by atoms with Gasteiger partial charge in [-0.05, 0) is 56.2 Å². The molecule has 1 heterocycles. The number of likely N-dealkylation sites (tertiary alicyclic amines) is 1. The van der Waals surface area contributed by atoms with Crippen LogP contribution in [0.1, 0.15) is 37.3 Å². The number of fused-ring (bicyclic) bond motifs is 1. The van der Waals surface area contributed by atoms with Crippen molar-refractivity contribution < 1.29 is 14.6 Å². The van der Waals surface area contributed by atoms with Crippen LogP contribution in [-0.2, 0) is 11.2 Å². The highest BCUT2D eigenvalue weighted by atomic mass is 16.5. The lowest BCUT2D eigenvalue weighted by molar-refractivity contribution is -0.130. The average Bonchev–Trinajstić information content (AvgIpc) is 2.87. The summed E-state index contributed by atoms with van der Waals surface area (Å²) in [4.78, 5) is 14.2. The Labute approximate surface area is 138 Å². The summed E-state index contributed by atoms with van der Waals surface area (Å²) < 4.78 is 5.56. The zero-order chi connectivity index (χ0) is 16.4. The highest BCUT2D eigenvalue weighted by Gasteiger charge is 2.47. The molecule has 1 aliphatic heterocycles. The molecule has 2 aliphatic rings. The third-order valence-electron chi connectivity index (χ3n) is 5.28. The van der Waals surface area contributed by atoms with E-state index in [0.29, 0.717) is 24.9 Å². The Morgan fingerprint density at radius 1 is 1.39 bits per heavy atom. The summed E-state index contributed by atoms with van der Waals surface area (Å²) in [6, 6.07) is 6.27. The van der Waals surface area contributed by atoms with E-state index in [1.165, 1.54) is 5.56 Å². The molecule has 23 heavy (non-hydrogen) atoms. The predicted octanol–water partition coefficient (Wildman–Crippen LogP) is 2.56. The van der Waals surface area contributed by atoms with Crippen LogP contribution in [0, 0.1) is 18.8 Å². The first-order chi connectivity index (χ1) is 11.1.